The maximum absolute atomic E-state index is 12.1. The van der Waals surface area contributed by atoms with Gasteiger partial charge in [-0.3, -0.25) is 0 Å². The summed E-state index contributed by atoms with van der Waals surface area (Å²) >= 11 is 0. The van der Waals surface area contributed by atoms with Crippen LogP contribution in [0.4, 0.5) is 39.5 Å². The average molecular weight is 243 g/mol. The van der Waals surface area contributed by atoms with Gasteiger partial charge in [0.1, 0.15) is 0 Å². The van der Waals surface area contributed by atoms with E-state index in [2.05, 4.69) is 0 Å². The molecule has 0 aromatic carbocycles. The van der Waals surface area contributed by atoms with Crippen LogP contribution in [0.15, 0.2) is 0 Å². The molecule has 0 aliphatic rings. The van der Waals surface area contributed by atoms with Crippen LogP contribution in [-0.2, 0) is 0 Å². The van der Waals surface area contributed by atoms with E-state index in [1.54, 1.807) is 0 Å². The van der Waals surface area contributed by atoms with Gasteiger partial charge in [0.2, 0.25) is 0 Å². The van der Waals surface area contributed by atoms with Crippen LogP contribution < -0.4 is 0 Å². The highest BCUT2D eigenvalue weighted by Gasteiger charge is 2.81. The van der Waals surface area contributed by atoms with Crippen molar-refractivity contribution in [2.75, 3.05) is 0 Å². The van der Waals surface area contributed by atoms with Crippen molar-refractivity contribution >= 4 is 0 Å². The lowest BCUT2D eigenvalue weighted by Crippen LogP contribution is -2.60. The number of hydrogen-bond donors (Lipinski definition) is 0. The Bertz CT molecular complexity index is 278. The SMILES string of the molecule is [C]#CC(F)(F)C(F)(F)C(F)(F)C(F)(F)F. The highest BCUT2D eigenvalue weighted by atomic mass is 19.4. The van der Waals surface area contributed by atoms with Crippen LogP contribution in [0.25, 0.3) is 0 Å². The van der Waals surface area contributed by atoms with Crippen LogP contribution in [-0.4, -0.2) is 23.9 Å². The van der Waals surface area contributed by atoms with Gasteiger partial charge >= 0.3 is 23.9 Å². The van der Waals surface area contributed by atoms with Crippen molar-refractivity contribution in [1.29, 1.82) is 0 Å². The van der Waals surface area contributed by atoms with E-state index in [1.807, 2.05) is 0 Å². The highest BCUT2D eigenvalue weighted by Crippen LogP contribution is 2.52. The molecule has 9 heteroatoms. The maximum atomic E-state index is 12.1. The molecule has 0 spiro atoms. The van der Waals surface area contributed by atoms with E-state index in [0.717, 1.165) is 0 Å². The lowest BCUT2D eigenvalue weighted by molar-refractivity contribution is -0.386. The van der Waals surface area contributed by atoms with Gasteiger partial charge < -0.3 is 0 Å². The van der Waals surface area contributed by atoms with E-state index in [1.165, 1.54) is 0 Å². The van der Waals surface area contributed by atoms with E-state index >= 15 is 0 Å². The summed E-state index contributed by atoms with van der Waals surface area (Å²) in [7, 11) is 0. The number of rotatable bonds is 2. The minimum absolute atomic E-state index is 0.354. The van der Waals surface area contributed by atoms with Crippen molar-refractivity contribution in [3.05, 3.63) is 6.42 Å². The first-order valence-electron chi connectivity index (χ1n) is 2.95. The second-order valence-electron chi connectivity index (χ2n) is 2.35. The normalized spacial score (nSPS) is 14.9. The first-order valence-corrected chi connectivity index (χ1v) is 2.95. The molecule has 0 fully saturated rings. The van der Waals surface area contributed by atoms with E-state index in [9.17, 15) is 39.5 Å². The molecule has 15 heavy (non-hydrogen) atoms. The number of hydrogen-bond acceptors (Lipinski definition) is 0. The maximum Gasteiger partial charge on any atom is 0.460 e. The van der Waals surface area contributed by atoms with Crippen LogP contribution in [0.1, 0.15) is 0 Å². The van der Waals surface area contributed by atoms with Gasteiger partial charge in [-0.1, -0.05) is 0 Å². The van der Waals surface area contributed by atoms with Crippen LogP contribution >= 0.6 is 0 Å². The van der Waals surface area contributed by atoms with Crippen LogP contribution in [0.5, 0.6) is 0 Å². The number of alkyl halides is 9. The predicted molar refractivity (Wildman–Crippen MR) is 28.0 cm³/mol. The van der Waals surface area contributed by atoms with Crippen molar-refractivity contribution in [2.24, 2.45) is 0 Å². The summed E-state index contributed by atoms with van der Waals surface area (Å²) in [5.41, 5.74) is 0. The summed E-state index contributed by atoms with van der Waals surface area (Å²) < 4.78 is 106. The molecular formula is C6F9. The van der Waals surface area contributed by atoms with Gasteiger partial charge in [0.15, 0.2) is 0 Å². The summed E-state index contributed by atoms with van der Waals surface area (Å²) in [5, 5.41) is 0. The lowest BCUT2D eigenvalue weighted by atomic mass is 10.1. The minimum atomic E-state index is -6.95. The van der Waals surface area contributed by atoms with E-state index in [0.29, 0.717) is 0 Å². The van der Waals surface area contributed by atoms with Crippen LogP contribution in [0.3, 0.4) is 0 Å². The summed E-state index contributed by atoms with van der Waals surface area (Å²) in [6.45, 7) is 0. The van der Waals surface area contributed by atoms with Crippen molar-refractivity contribution in [1.82, 2.24) is 0 Å². The fourth-order valence-electron chi connectivity index (χ4n) is 0.454. The molecule has 0 amide bonds. The Balaban J connectivity index is 5.51. The van der Waals surface area contributed by atoms with Gasteiger partial charge in [-0.25, -0.2) is 0 Å². The van der Waals surface area contributed by atoms with E-state index in [-0.39, 0.29) is 5.92 Å². The topological polar surface area (TPSA) is 0 Å². The molecule has 0 saturated heterocycles. The molecule has 87 valence electrons. The first kappa shape index (κ1) is 13.9. The molecular weight excluding hydrogens is 243 g/mol. The molecule has 0 heterocycles. The molecule has 0 nitrogen and oxygen atoms in total. The Morgan fingerprint density at radius 2 is 1.00 bits per heavy atom. The molecule has 0 N–H and O–H groups in total. The molecule has 0 aromatic rings. The van der Waals surface area contributed by atoms with Gasteiger partial charge in [0.25, 0.3) is 0 Å². The number of halogens is 9. The Labute approximate surface area is 77.1 Å². The molecule has 0 bridgehead atoms. The Hall–Kier alpha value is -1.07. The minimum Gasteiger partial charge on any atom is -0.191 e. The zero-order valence-corrected chi connectivity index (χ0v) is 6.40. The third kappa shape index (κ3) is 1.85. The van der Waals surface area contributed by atoms with Crippen molar-refractivity contribution in [2.45, 2.75) is 23.9 Å². The molecule has 0 aliphatic heterocycles. The second-order valence-corrected chi connectivity index (χ2v) is 2.35. The Kier molecular flexibility index (Phi) is 2.98. The third-order valence-electron chi connectivity index (χ3n) is 1.30. The van der Waals surface area contributed by atoms with Crippen LogP contribution in [0, 0.1) is 12.3 Å². The summed E-state index contributed by atoms with van der Waals surface area (Å²) in [5.74, 6) is -20.1. The van der Waals surface area contributed by atoms with Crippen molar-refractivity contribution in [3.63, 3.8) is 0 Å². The molecule has 0 saturated carbocycles. The molecule has 0 unspecified atom stereocenters. The van der Waals surface area contributed by atoms with Gasteiger partial charge in [0, 0.05) is 0 Å². The quantitative estimate of drug-likeness (QED) is 0.516. The monoisotopic (exact) mass is 243 g/mol. The van der Waals surface area contributed by atoms with Gasteiger partial charge in [-0.05, 0) is 12.3 Å². The van der Waals surface area contributed by atoms with Gasteiger partial charge in [-0.2, -0.15) is 39.5 Å². The zero-order chi connectivity index (χ0) is 12.7. The smallest absolute Gasteiger partial charge is 0.191 e. The highest BCUT2D eigenvalue weighted by molar-refractivity contribution is 5.12. The summed E-state index contributed by atoms with van der Waals surface area (Å²) in [6, 6.07) is 0. The Morgan fingerprint density at radius 3 is 1.20 bits per heavy atom. The van der Waals surface area contributed by atoms with Crippen LogP contribution in [0.2, 0.25) is 0 Å². The molecule has 1 radical (unpaired) electrons. The van der Waals surface area contributed by atoms with Crippen molar-refractivity contribution in [3.8, 4) is 5.92 Å². The standard InChI is InChI=1S/C6F9/c1-2-3(7,8)4(9,10)5(11,12)6(13,14)15. The fourth-order valence-corrected chi connectivity index (χ4v) is 0.454. The van der Waals surface area contributed by atoms with Gasteiger partial charge in [0.05, 0.1) is 0 Å². The molecule has 0 aliphatic carbocycles. The lowest BCUT2D eigenvalue weighted by Gasteiger charge is -2.30. The largest absolute Gasteiger partial charge is 0.460 e. The van der Waals surface area contributed by atoms with E-state index in [4.69, 9.17) is 6.42 Å². The summed E-state index contributed by atoms with van der Waals surface area (Å²) in [4.78, 5) is 0. The fraction of sp³-hybridized carbons (Fsp3) is 0.667. The second kappa shape index (κ2) is 3.21. The van der Waals surface area contributed by atoms with E-state index < -0.39 is 23.9 Å². The third-order valence-corrected chi connectivity index (χ3v) is 1.30. The zero-order valence-electron chi connectivity index (χ0n) is 6.40. The molecule has 0 rings (SSSR count). The average Bonchev–Trinajstić information content (AvgIpc) is 2.01. The summed E-state index contributed by atoms with van der Waals surface area (Å²) in [6.07, 6.45) is -1.29. The Morgan fingerprint density at radius 1 is 0.667 bits per heavy atom. The van der Waals surface area contributed by atoms with Crippen molar-refractivity contribution < 1.29 is 39.5 Å². The van der Waals surface area contributed by atoms with Gasteiger partial charge in [-0.15, -0.1) is 0 Å². The molecule has 0 aromatic heterocycles. The predicted octanol–water partition coefficient (Wildman–Crippen LogP) is 3.04. The first-order chi connectivity index (χ1) is 6.31. The molecule has 0 atom stereocenters.